The quantitative estimate of drug-likeness (QED) is 0.493. The molecule has 0 bridgehead atoms. The van der Waals surface area contributed by atoms with Crippen LogP contribution >= 0.6 is 0 Å². The van der Waals surface area contributed by atoms with Crippen LogP contribution in [0.5, 0.6) is 5.75 Å². The molecule has 0 spiro atoms. The molecular weight excluding hydrogens is 324 g/mol. The lowest BCUT2D eigenvalue weighted by molar-refractivity contribution is -0.384. The summed E-state index contributed by atoms with van der Waals surface area (Å²) in [4.78, 5) is 22.1. The standard InChI is InChI=1S/C17H14N4O4/c1-12(25-16-7-5-13(10-18)6-8-16)17(22)20-19-11-14-3-2-4-15(9-14)21(23)24/h2-9,11-12H,1H3,(H,20,22)/t12-/m1/s1. The summed E-state index contributed by atoms with van der Waals surface area (Å²) in [6.45, 7) is 1.55. The zero-order chi connectivity index (χ0) is 18.2. The minimum atomic E-state index is -0.810. The highest BCUT2D eigenvalue weighted by Crippen LogP contribution is 2.13. The van der Waals surface area contributed by atoms with Crippen molar-refractivity contribution in [2.75, 3.05) is 0 Å². The molecule has 0 saturated heterocycles. The Labute approximate surface area is 143 Å². The van der Waals surface area contributed by atoms with Gasteiger partial charge < -0.3 is 4.74 Å². The maximum atomic E-state index is 11.9. The first-order valence-electron chi connectivity index (χ1n) is 7.24. The molecule has 126 valence electrons. The van der Waals surface area contributed by atoms with E-state index in [1.807, 2.05) is 6.07 Å². The fourth-order valence-corrected chi connectivity index (χ4v) is 1.85. The fourth-order valence-electron chi connectivity index (χ4n) is 1.85. The zero-order valence-corrected chi connectivity index (χ0v) is 13.2. The minimum absolute atomic E-state index is 0.0622. The van der Waals surface area contributed by atoms with Crippen LogP contribution in [-0.2, 0) is 4.79 Å². The van der Waals surface area contributed by atoms with Crippen molar-refractivity contribution in [2.45, 2.75) is 13.0 Å². The van der Waals surface area contributed by atoms with Gasteiger partial charge in [0, 0.05) is 17.7 Å². The Kier molecular flexibility index (Phi) is 5.79. The first kappa shape index (κ1) is 17.6. The fraction of sp³-hybridized carbons (Fsp3) is 0.118. The van der Waals surface area contributed by atoms with E-state index in [4.69, 9.17) is 10.00 Å². The molecule has 0 saturated carbocycles. The lowest BCUT2D eigenvalue weighted by Gasteiger charge is -2.12. The topological polar surface area (TPSA) is 118 Å². The molecule has 0 aliphatic carbocycles. The van der Waals surface area contributed by atoms with Crippen LogP contribution in [0.1, 0.15) is 18.1 Å². The average Bonchev–Trinajstić information content (AvgIpc) is 2.62. The molecular formula is C17H14N4O4. The summed E-state index contributed by atoms with van der Waals surface area (Å²) < 4.78 is 5.44. The molecule has 0 fully saturated rings. The molecule has 2 aromatic rings. The van der Waals surface area contributed by atoms with E-state index in [2.05, 4.69) is 10.5 Å². The number of nitro benzene ring substituents is 1. The Bertz CT molecular complexity index is 840. The normalized spacial score (nSPS) is 11.5. The molecule has 2 rings (SSSR count). The third kappa shape index (κ3) is 5.14. The first-order chi connectivity index (χ1) is 12.0. The van der Waals surface area contributed by atoms with Crippen LogP contribution in [0.3, 0.4) is 0 Å². The van der Waals surface area contributed by atoms with Gasteiger partial charge in [0.1, 0.15) is 5.75 Å². The third-order valence-electron chi connectivity index (χ3n) is 3.13. The van der Waals surface area contributed by atoms with Gasteiger partial charge >= 0.3 is 0 Å². The number of nitrogens with zero attached hydrogens (tertiary/aromatic N) is 3. The van der Waals surface area contributed by atoms with Gasteiger partial charge in [0.25, 0.3) is 11.6 Å². The van der Waals surface area contributed by atoms with Crippen LogP contribution in [0.4, 0.5) is 5.69 Å². The molecule has 0 heterocycles. The van der Waals surface area contributed by atoms with Crippen molar-refractivity contribution in [2.24, 2.45) is 5.10 Å². The number of ether oxygens (including phenoxy) is 1. The molecule has 0 aromatic heterocycles. The molecule has 0 aliphatic heterocycles. The number of rotatable bonds is 6. The summed E-state index contributed by atoms with van der Waals surface area (Å²) in [5.41, 5.74) is 3.22. The number of nitriles is 1. The molecule has 2 aromatic carbocycles. The van der Waals surface area contributed by atoms with Gasteiger partial charge in [0.05, 0.1) is 22.8 Å². The maximum Gasteiger partial charge on any atom is 0.280 e. The van der Waals surface area contributed by atoms with Crippen molar-refractivity contribution in [3.63, 3.8) is 0 Å². The van der Waals surface area contributed by atoms with E-state index < -0.39 is 16.9 Å². The van der Waals surface area contributed by atoms with Gasteiger partial charge in [-0.05, 0) is 31.2 Å². The Morgan fingerprint density at radius 2 is 2.08 bits per heavy atom. The largest absolute Gasteiger partial charge is 0.481 e. The summed E-state index contributed by atoms with van der Waals surface area (Å²) in [5, 5.41) is 23.2. The maximum absolute atomic E-state index is 11.9. The second kappa shape index (κ2) is 8.21. The Balaban J connectivity index is 1.91. The number of carbonyl (C=O) groups is 1. The molecule has 0 aliphatic rings. The van der Waals surface area contributed by atoms with Gasteiger partial charge in [-0.2, -0.15) is 10.4 Å². The van der Waals surface area contributed by atoms with Crippen molar-refractivity contribution in [3.05, 3.63) is 69.8 Å². The van der Waals surface area contributed by atoms with Gasteiger partial charge in [-0.15, -0.1) is 0 Å². The third-order valence-corrected chi connectivity index (χ3v) is 3.13. The summed E-state index contributed by atoms with van der Waals surface area (Å²) in [6, 6.07) is 14.2. The van der Waals surface area contributed by atoms with Gasteiger partial charge in [-0.1, -0.05) is 12.1 Å². The predicted octanol–water partition coefficient (Wildman–Crippen LogP) is 2.38. The highest BCUT2D eigenvalue weighted by Gasteiger charge is 2.13. The molecule has 25 heavy (non-hydrogen) atoms. The van der Waals surface area contributed by atoms with Crippen molar-refractivity contribution < 1.29 is 14.5 Å². The molecule has 8 heteroatoms. The van der Waals surface area contributed by atoms with E-state index in [-0.39, 0.29) is 5.69 Å². The molecule has 1 amide bonds. The molecule has 1 N–H and O–H groups in total. The predicted molar refractivity (Wildman–Crippen MR) is 90.1 cm³/mol. The lowest BCUT2D eigenvalue weighted by Crippen LogP contribution is -2.33. The van der Waals surface area contributed by atoms with E-state index in [1.165, 1.54) is 24.4 Å². The van der Waals surface area contributed by atoms with Crippen molar-refractivity contribution in [1.29, 1.82) is 5.26 Å². The number of hydrogen-bond acceptors (Lipinski definition) is 6. The SMILES string of the molecule is C[C@@H](Oc1ccc(C#N)cc1)C(=O)NN=Cc1cccc([N+](=O)[O-])c1. The summed E-state index contributed by atoms with van der Waals surface area (Å²) in [5.74, 6) is -0.0321. The summed E-state index contributed by atoms with van der Waals surface area (Å²) >= 11 is 0. The van der Waals surface area contributed by atoms with Crippen LogP contribution in [0.2, 0.25) is 0 Å². The summed E-state index contributed by atoms with van der Waals surface area (Å²) in [6.07, 6.45) is 0.495. The second-order valence-electron chi connectivity index (χ2n) is 4.98. The van der Waals surface area contributed by atoms with Crippen molar-refractivity contribution in [3.8, 4) is 11.8 Å². The van der Waals surface area contributed by atoms with Gasteiger partial charge in [0.2, 0.25) is 0 Å². The number of benzene rings is 2. The van der Waals surface area contributed by atoms with E-state index in [0.29, 0.717) is 16.9 Å². The van der Waals surface area contributed by atoms with Gasteiger partial charge in [-0.3, -0.25) is 14.9 Å². The number of carbonyl (C=O) groups excluding carboxylic acids is 1. The first-order valence-corrected chi connectivity index (χ1v) is 7.24. The van der Waals surface area contributed by atoms with Crippen LogP contribution in [-0.4, -0.2) is 23.1 Å². The lowest BCUT2D eigenvalue weighted by atomic mass is 10.2. The minimum Gasteiger partial charge on any atom is -0.481 e. The zero-order valence-electron chi connectivity index (χ0n) is 13.2. The van der Waals surface area contributed by atoms with Crippen LogP contribution < -0.4 is 10.2 Å². The second-order valence-corrected chi connectivity index (χ2v) is 4.98. The van der Waals surface area contributed by atoms with E-state index in [0.717, 1.165) is 0 Å². The number of hydrazone groups is 1. The number of amides is 1. The molecule has 0 radical (unpaired) electrons. The average molecular weight is 338 g/mol. The monoisotopic (exact) mass is 338 g/mol. The Hall–Kier alpha value is -3.73. The van der Waals surface area contributed by atoms with E-state index in [1.54, 1.807) is 37.3 Å². The van der Waals surface area contributed by atoms with Crippen molar-refractivity contribution >= 4 is 17.8 Å². The van der Waals surface area contributed by atoms with Crippen molar-refractivity contribution in [1.82, 2.24) is 5.43 Å². The number of nitro groups is 1. The number of non-ortho nitro benzene ring substituents is 1. The molecule has 0 unspecified atom stereocenters. The van der Waals surface area contributed by atoms with Crippen LogP contribution in [0.25, 0.3) is 0 Å². The molecule has 8 nitrogen and oxygen atoms in total. The van der Waals surface area contributed by atoms with E-state index >= 15 is 0 Å². The summed E-state index contributed by atoms with van der Waals surface area (Å²) in [7, 11) is 0. The highest BCUT2D eigenvalue weighted by molar-refractivity contribution is 5.84. The van der Waals surface area contributed by atoms with Gasteiger partial charge in [0.15, 0.2) is 6.10 Å². The number of hydrogen-bond donors (Lipinski definition) is 1. The number of nitrogens with one attached hydrogen (secondary N) is 1. The Morgan fingerprint density at radius 3 is 2.72 bits per heavy atom. The van der Waals surface area contributed by atoms with Gasteiger partial charge in [-0.25, -0.2) is 5.43 Å². The smallest absolute Gasteiger partial charge is 0.280 e. The van der Waals surface area contributed by atoms with Crippen LogP contribution in [0, 0.1) is 21.4 Å². The highest BCUT2D eigenvalue weighted by atomic mass is 16.6. The molecule has 1 atom stereocenters. The Morgan fingerprint density at radius 1 is 1.36 bits per heavy atom. The van der Waals surface area contributed by atoms with Crippen LogP contribution in [0.15, 0.2) is 53.6 Å². The van der Waals surface area contributed by atoms with E-state index in [9.17, 15) is 14.9 Å².